The van der Waals surface area contributed by atoms with E-state index in [9.17, 15) is 4.79 Å². The quantitative estimate of drug-likeness (QED) is 0.549. The first-order valence-corrected chi connectivity index (χ1v) is 7.96. The number of carboxylic acid groups (broad SMARTS) is 1. The Morgan fingerprint density at radius 1 is 0.900 bits per heavy atom. The second-order valence-electron chi connectivity index (χ2n) is 5.48. The summed E-state index contributed by atoms with van der Waals surface area (Å²) in [7, 11) is 0. The molecule has 0 amide bonds. The van der Waals surface area contributed by atoms with Crippen molar-refractivity contribution in [2.45, 2.75) is 77.2 Å². The van der Waals surface area contributed by atoms with Crippen molar-refractivity contribution in [2.75, 3.05) is 0 Å². The van der Waals surface area contributed by atoms with Crippen LogP contribution in [0.3, 0.4) is 0 Å². The Hall–Kier alpha value is -1.32. The average molecular weight is 280 g/mol. The molecule has 0 saturated carbocycles. The zero-order valence-corrected chi connectivity index (χ0v) is 12.5. The highest BCUT2D eigenvalue weighted by Gasteiger charge is 1.97. The molecule has 0 radical (unpaired) electrons. The zero-order chi connectivity index (χ0) is 14.5. The van der Waals surface area contributed by atoms with Crippen LogP contribution >= 0.6 is 0 Å². The van der Waals surface area contributed by atoms with Crippen molar-refractivity contribution in [3.05, 3.63) is 18.7 Å². The number of rotatable bonds is 13. The Labute approximate surface area is 122 Å². The molecule has 0 unspecified atom stereocenters. The first-order valence-electron chi connectivity index (χ1n) is 7.96. The van der Waals surface area contributed by atoms with E-state index in [1.807, 2.05) is 18.7 Å². The van der Waals surface area contributed by atoms with E-state index in [1.54, 1.807) is 0 Å². The van der Waals surface area contributed by atoms with Gasteiger partial charge in [-0.2, -0.15) is 0 Å². The van der Waals surface area contributed by atoms with Crippen molar-refractivity contribution in [3.63, 3.8) is 0 Å². The molecule has 0 aliphatic rings. The Kier molecular flexibility index (Phi) is 9.62. The van der Waals surface area contributed by atoms with Crippen LogP contribution in [-0.2, 0) is 11.3 Å². The number of carboxylic acids is 1. The molecule has 1 rings (SSSR count). The Balaban J connectivity index is 1.73. The summed E-state index contributed by atoms with van der Waals surface area (Å²) in [5, 5.41) is 8.51. The van der Waals surface area contributed by atoms with E-state index >= 15 is 0 Å². The van der Waals surface area contributed by atoms with Gasteiger partial charge in [-0.05, 0) is 12.8 Å². The maximum atomic E-state index is 10.3. The minimum atomic E-state index is -0.666. The van der Waals surface area contributed by atoms with E-state index in [1.165, 1.54) is 51.4 Å². The Bertz CT molecular complexity index is 336. The maximum Gasteiger partial charge on any atom is 0.303 e. The number of carbonyl (C=O) groups is 1. The van der Waals surface area contributed by atoms with Crippen molar-refractivity contribution in [2.24, 2.45) is 0 Å². The van der Waals surface area contributed by atoms with Crippen LogP contribution in [0.25, 0.3) is 0 Å². The molecule has 0 atom stereocenters. The molecule has 4 heteroatoms. The van der Waals surface area contributed by atoms with E-state index < -0.39 is 5.97 Å². The second kappa shape index (κ2) is 11.5. The van der Waals surface area contributed by atoms with Gasteiger partial charge in [0.1, 0.15) is 0 Å². The third kappa shape index (κ3) is 9.59. The van der Waals surface area contributed by atoms with Gasteiger partial charge in [0.05, 0.1) is 6.33 Å². The molecule has 1 N–H and O–H groups in total. The molecule has 4 nitrogen and oxygen atoms in total. The fourth-order valence-electron chi connectivity index (χ4n) is 2.40. The van der Waals surface area contributed by atoms with Gasteiger partial charge in [-0.3, -0.25) is 4.79 Å². The second-order valence-corrected chi connectivity index (χ2v) is 5.48. The minimum absolute atomic E-state index is 0.330. The minimum Gasteiger partial charge on any atom is -0.481 e. The van der Waals surface area contributed by atoms with Gasteiger partial charge in [0.25, 0.3) is 0 Å². The highest BCUT2D eigenvalue weighted by Crippen LogP contribution is 2.11. The van der Waals surface area contributed by atoms with Gasteiger partial charge in [-0.25, -0.2) is 4.98 Å². The lowest BCUT2D eigenvalue weighted by atomic mass is 10.1. The molecular formula is C16H28N2O2. The predicted octanol–water partition coefficient (Wildman–Crippen LogP) is 4.26. The molecule has 0 spiro atoms. The maximum absolute atomic E-state index is 10.3. The van der Waals surface area contributed by atoms with Gasteiger partial charge in [-0.1, -0.05) is 51.4 Å². The number of imidazole rings is 1. The number of unbranched alkanes of at least 4 members (excludes halogenated alkanes) is 9. The van der Waals surface area contributed by atoms with Crippen molar-refractivity contribution in [1.82, 2.24) is 9.55 Å². The van der Waals surface area contributed by atoms with Crippen LogP contribution in [-0.4, -0.2) is 20.6 Å². The summed E-state index contributed by atoms with van der Waals surface area (Å²) in [5.74, 6) is -0.666. The first kappa shape index (κ1) is 16.7. The Morgan fingerprint density at radius 3 is 1.95 bits per heavy atom. The summed E-state index contributed by atoms with van der Waals surface area (Å²) in [5.41, 5.74) is 0. The summed E-state index contributed by atoms with van der Waals surface area (Å²) in [6.45, 7) is 1.09. The van der Waals surface area contributed by atoms with E-state index in [0.29, 0.717) is 6.42 Å². The van der Waals surface area contributed by atoms with Gasteiger partial charge in [0.15, 0.2) is 0 Å². The van der Waals surface area contributed by atoms with Gasteiger partial charge >= 0.3 is 5.97 Å². The van der Waals surface area contributed by atoms with Gasteiger partial charge < -0.3 is 9.67 Å². The fourth-order valence-corrected chi connectivity index (χ4v) is 2.40. The lowest BCUT2D eigenvalue weighted by Gasteiger charge is -2.03. The van der Waals surface area contributed by atoms with Crippen LogP contribution in [0.15, 0.2) is 18.7 Å². The van der Waals surface area contributed by atoms with Crippen LogP contribution in [0.2, 0.25) is 0 Å². The van der Waals surface area contributed by atoms with E-state index in [4.69, 9.17) is 5.11 Å². The van der Waals surface area contributed by atoms with Gasteiger partial charge in [-0.15, -0.1) is 0 Å². The van der Waals surface area contributed by atoms with Crippen molar-refractivity contribution >= 4 is 5.97 Å². The Morgan fingerprint density at radius 2 is 1.45 bits per heavy atom. The number of hydrogen-bond acceptors (Lipinski definition) is 2. The predicted molar refractivity (Wildman–Crippen MR) is 80.6 cm³/mol. The normalized spacial score (nSPS) is 10.8. The molecule has 114 valence electrons. The first-order chi connectivity index (χ1) is 9.79. The largest absolute Gasteiger partial charge is 0.481 e. The lowest BCUT2D eigenvalue weighted by molar-refractivity contribution is -0.137. The van der Waals surface area contributed by atoms with Gasteiger partial charge in [0.2, 0.25) is 0 Å². The topological polar surface area (TPSA) is 55.1 Å². The van der Waals surface area contributed by atoms with Crippen molar-refractivity contribution in [3.8, 4) is 0 Å². The van der Waals surface area contributed by atoms with E-state index in [-0.39, 0.29) is 0 Å². The number of aryl methyl sites for hydroxylation is 1. The van der Waals surface area contributed by atoms with E-state index in [2.05, 4.69) is 9.55 Å². The SMILES string of the molecule is O=C(O)CCCCCCCCCCCCn1ccnc1. The van der Waals surface area contributed by atoms with Crippen LogP contribution in [0.1, 0.15) is 70.6 Å². The number of hydrogen-bond donors (Lipinski definition) is 1. The van der Waals surface area contributed by atoms with E-state index in [0.717, 1.165) is 19.4 Å². The summed E-state index contributed by atoms with van der Waals surface area (Å²) in [4.78, 5) is 14.4. The molecule has 0 fully saturated rings. The molecule has 0 aromatic carbocycles. The van der Waals surface area contributed by atoms with Crippen molar-refractivity contribution < 1.29 is 9.90 Å². The molecule has 1 aromatic heterocycles. The zero-order valence-electron chi connectivity index (χ0n) is 12.5. The summed E-state index contributed by atoms with van der Waals surface area (Å²) in [6, 6.07) is 0. The molecule has 20 heavy (non-hydrogen) atoms. The fraction of sp³-hybridized carbons (Fsp3) is 0.750. The average Bonchev–Trinajstić information content (AvgIpc) is 2.93. The van der Waals surface area contributed by atoms with Crippen LogP contribution in [0, 0.1) is 0 Å². The number of nitrogens with zero attached hydrogens (tertiary/aromatic N) is 2. The molecular weight excluding hydrogens is 252 g/mol. The summed E-state index contributed by atoms with van der Waals surface area (Å²) < 4.78 is 2.14. The standard InChI is InChI=1S/C16H28N2O2/c19-16(20)11-9-7-5-3-1-2-4-6-8-10-13-18-14-12-17-15-18/h12,14-15H,1-11,13H2,(H,19,20). The molecule has 1 heterocycles. The van der Waals surface area contributed by atoms with Crippen LogP contribution in [0.5, 0.6) is 0 Å². The highest BCUT2D eigenvalue weighted by molar-refractivity contribution is 5.66. The third-order valence-corrected chi connectivity index (χ3v) is 3.62. The monoisotopic (exact) mass is 280 g/mol. The molecule has 1 aromatic rings. The molecule has 0 bridgehead atoms. The highest BCUT2D eigenvalue weighted by atomic mass is 16.4. The molecule has 0 aliphatic heterocycles. The number of aromatic nitrogens is 2. The number of aliphatic carboxylic acids is 1. The van der Waals surface area contributed by atoms with Gasteiger partial charge in [0, 0.05) is 25.4 Å². The summed E-state index contributed by atoms with van der Waals surface area (Å²) >= 11 is 0. The molecule has 0 saturated heterocycles. The summed E-state index contributed by atoms with van der Waals surface area (Å²) in [6.07, 6.45) is 18.2. The van der Waals surface area contributed by atoms with Crippen molar-refractivity contribution in [1.29, 1.82) is 0 Å². The third-order valence-electron chi connectivity index (χ3n) is 3.62. The molecule has 0 aliphatic carbocycles. The van der Waals surface area contributed by atoms with Crippen LogP contribution in [0.4, 0.5) is 0 Å². The lowest BCUT2D eigenvalue weighted by Crippen LogP contribution is -1.94. The smallest absolute Gasteiger partial charge is 0.303 e. The van der Waals surface area contributed by atoms with Crippen LogP contribution < -0.4 is 0 Å².